The lowest BCUT2D eigenvalue weighted by molar-refractivity contribution is -0.384. The Morgan fingerprint density at radius 1 is 1.17 bits per heavy atom. The quantitative estimate of drug-likeness (QED) is 0.236. The van der Waals surface area contributed by atoms with Crippen molar-refractivity contribution in [1.29, 1.82) is 0 Å². The van der Waals surface area contributed by atoms with E-state index in [4.69, 9.17) is 12.2 Å². The van der Waals surface area contributed by atoms with Gasteiger partial charge < -0.3 is 5.11 Å². The molecule has 36 heavy (non-hydrogen) atoms. The summed E-state index contributed by atoms with van der Waals surface area (Å²) in [5, 5.41) is 30.4. The Bertz CT molecular complexity index is 1740. The highest BCUT2D eigenvalue weighted by Gasteiger charge is 2.24. The molecule has 0 bridgehead atoms. The zero-order valence-corrected chi connectivity index (χ0v) is 20.7. The zero-order valence-electron chi connectivity index (χ0n) is 19.0. The molecule has 180 valence electrons. The number of rotatable bonds is 5. The van der Waals surface area contributed by atoms with Gasteiger partial charge in [-0.05, 0) is 37.4 Å². The number of thiazole rings is 1. The Kier molecular flexibility index (Phi) is 5.82. The predicted molar refractivity (Wildman–Crippen MR) is 142 cm³/mol. The Hall–Kier alpha value is -4.42. The van der Waals surface area contributed by atoms with E-state index < -0.39 is 4.92 Å². The molecule has 2 aromatic carbocycles. The van der Waals surface area contributed by atoms with Crippen molar-refractivity contribution in [2.75, 3.05) is 0 Å². The molecular formula is C24H18N6O4S2. The molecule has 0 amide bonds. The van der Waals surface area contributed by atoms with Crippen LogP contribution in [-0.4, -0.2) is 35.9 Å². The third-order valence-corrected chi connectivity index (χ3v) is 7.11. The predicted octanol–water partition coefficient (Wildman–Crippen LogP) is 4.55. The third kappa shape index (κ3) is 3.82. The average Bonchev–Trinajstić information content (AvgIpc) is 3.50. The molecule has 5 rings (SSSR count). The largest absolute Gasteiger partial charge is 0.493 e. The molecule has 4 aromatic rings. The minimum atomic E-state index is -0.481. The average molecular weight is 519 g/mol. The molecule has 1 N–H and O–H groups in total. The number of nitro groups is 1. The summed E-state index contributed by atoms with van der Waals surface area (Å²) < 4.78 is 4.87. The van der Waals surface area contributed by atoms with E-state index in [2.05, 4.69) is 10.2 Å². The maximum Gasteiger partial charge on any atom is 0.296 e. The number of aromatic hydroxyl groups is 1. The van der Waals surface area contributed by atoms with Crippen LogP contribution >= 0.6 is 23.6 Å². The van der Waals surface area contributed by atoms with Crippen LogP contribution in [0.15, 0.2) is 75.2 Å². The van der Waals surface area contributed by atoms with Gasteiger partial charge in [-0.1, -0.05) is 30.3 Å². The van der Waals surface area contributed by atoms with Gasteiger partial charge in [0.25, 0.3) is 11.2 Å². The van der Waals surface area contributed by atoms with Gasteiger partial charge in [0, 0.05) is 30.3 Å². The number of para-hydroxylation sites is 1. The normalized spacial score (nSPS) is 13.9. The third-order valence-electron chi connectivity index (χ3n) is 5.80. The summed E-state index contributed by atoms with van der Waals surface area (Å²) in [6.07, 6.45) is 3.14. The van der Waals surface area contributed by atoms with E-state index in [9.17, 15) is 20.0 Å². The van der Waals surface area contributed by atoms with Gasteiger partial charge in [0.2, 0.25) is 5.88 Å². The lowest BCUT2D eigenvalue weighted by atomic mass is 10.0. The first-order chi connectivity index (χ1) is 17.3. The highest BCUT2D eigenvalue weighted by atomic mass is 32.1. The van der Waals surface area contributed by atoms with Crippen LogP contribution in [0.25, 0.3) is 17.5 Å². The van der Waals surface area contributed by atoms with E-state index in [-0.39, 0.29) is 26.8 Å². The molecule has 0 aliphatic carbocycles. The van der Waals surface area contributed by atoms with Gasteiger partial charge in [0.15, 0.2) is 3.95 Å². The number of benzene rings is 2. The van der Waals surface area contributed by atoms with Crippen LogP contribution in [0.4, 0.5) is 5.69 Å². The number of nitrogens with zero attached hydrogens (tertiary/aromatic N) is 6. The van der Waals surface area contributed by atoms with Gasteiger partial charge >= 0.3 is 0 Å². The number of aromatic nitrogens is 3. The number of hydrogen-bond donors (Lipinski definition) is 1. The van der Waals surface area contributed by atoms with Crippen LogP contribution < -0.4 is 5.56 Å². The van der Waals surface area contributed by atoms with Gasteiger partial charge in [0.05, 0.1) is 27.4 Å². The molecule has 2 aromatic heterocycles. The molecule has 0 atom stereocenters. The first-order valence-electron chi connectivity index (χ1n) is 10.6. The molecule has 12 heteroatoms. The minimum Gasteiger partial charge on any atom is -0.493 e. The van der Waals surface area contributed by atoms with Crippen molar-refractivity contribution in [3.05, 3.63) is 101 Å². The van der Waals surface area contributed by atoms with Crippen LogP contribution in [0.3, 0.4) is 0 Å². The molecule has 0 saturated heterocycles. The first kappa shape index (κ1) is 23.3. The Balaban J connectivity index is 1.60. The van der Waals surface area contributed by atoms with Crippen molar-refractivity contribution in [3.63, 3.8) is 0 Å². The number of non-ortho nitro benzene ring substituents is 1. The zero-order chi connectivity index (χ0) is 25.6. The van der Waals surface area contributed by atoms with Crippen molar-refractivity contribution in [2.45, 2.75) is 6.92 Å². The van der Waals surface area contributed by atoms with Crippen LogP contribution in [-0.2, 0) is 7.05 Å². The van der Waals surface area contributed by atoms with E-state index in [1.165, 1.54) is 27.6 Å². The highest BCUT2D eigenvalue weighted by molar-refractivity contribution is 7.73. The second-order valence-electron chi connectivity index (χ2n) is 7.90. The van der Waals surface area contributed by atoms with E-state index in [0.717, 1.165) is 11.3 Å². The summed E-state index contributed by atoms with van der Waals surface area (Å²) in [7, 11) is 1.76. The van der Waals surface area contributed by atoms with Crippen LogP contribution in [0, 0.1) is 21.0 Å². The van der Waals surface area contributed by atoms with Crippen molar-refractivity contribution in [1.82, 2.24) is 13.9 Å². The summed E-state index contributed by atoms with van der Waals surface area (Å²) in [5.41, 5.74) is 2.63. The highest BCUT2D eigenvalue weighted by Crippen LogP contribution is 2.33. The standard InChI is InChI=1S/C24H18N6O4S2/c1-14-21(23(32)29(27(14)2)17-8-4-3-5-9-17)28-22(31)19(36-24(28)35)12-16-13-25-26-20(16)15-7-6-10-18(11-15)30(33)34/h3-13,31H,1-2H3/b16-12+. The molecule has 0 saturated carbocycles. The van der Waals surface area contributed by atoms with Crippen molar-refractivity contribution < 1.29 is 10.0 Å². The lowest BCUT2D eigenvalue weighted by Gasteiger charge is -2.07. The van der Waals surface area contributed by atoms with E-state index in [1.54, 1.807) is 36.9 Å². The summed E-state index contributed by atoms with van der Waals surface area (Å²) in [4.78, 5) is 24.5. The van der Waals surface area contributed by atoms with Crippen LogP contribution in [0.1, 0.15) is 16.1 Å². The first-order valence-corrected chi connectivity index (χ1v) is 11.9. The van der Waals surface area contributed by atoms with Crippen molar-refractivity contribution in [3.8, 4) is 17.3 Å². The van der Waals surface area contributed by atoms with Gasteiger partial charge in [-0.3, -0.25) is 24.2 Å². The number of nitro benzene ring substituents is 1. The van der Waals surface area contributed by atoms with Crippen LogP contribution in [0.2, 0.25) is 0 Å². The molecular weight excluding hydrogens is 500 g/mol. The lowest BCUT2D eigenvalue weighted by Crippen LogP contribution is -2.21. The van der Waals surface area contributed by atoms with Gasteiger partial charge in [-0.2, -0.15) is 5.10 Å². The van der Waals surface area contributed by atoms with Crippen molar-refractivity contribution in [2.24, 2.45) is 17.3 Å². The Labute approximate surface area is 213 Å². The number of allylic oxidation sites excluding steroid dienone is 1. The molecule has 3 heterocycles. The van der Waals surface area contributed by atoms with Gasteiger partial charge in [0.1, 0.15) is 11.4 Å². The molecule has 1 aliphatic heterocycles. The van der Waals surface area contributed by atoms with Crippen LogP contribution in [0.5, 0.6) is 5.88 Å². The monoisotopic (exact) mass is 518 g/mol. The Morgan fingerprint density at radius 2 is 1.92 bits per heavy atom. The Morgan fingerprint density at radius 3 is 2.64 bits per heavy atom. The molecule has 0 fully saturated rings. The fourth-order valence-corrected chi connectivity index (χ4v) is 5.26. The fraction of sp³-hybridized carbons (Fsp3) is 0.0833. The molecule has 0 radical (unpaired) electrons. The number of hydrogen-bond acceptors (Lipinski definition) is 8. The van der Waals surface area contributed by atoms with E-state index in [1.807, 2.05) is 30.3 Å². The summed E-state index contributed by atoms with van der Waals surface area (Å²) >= 11 is 6.66. The second kappa shape index (κ2) is 8.98. The summed E-state index contributed by atoms with van der Waals surface area (Å²) in [6.45, 7) is 1.78. The molecule has 0 unspecified atom stereocenters. The maximum atomic E-state index is 13.5. The molecule has 0 spiro atoms. The molecule has 10 nitrogen and oxygen atoms in total. The smallest absolute Gasteiger partial charge is 0.296 e. The second-order valence-corrected chi connectivity index (χ2v) is 9.58. The van der Waals surface area contributed by atoms with E-state index in [0.29, 0.717) is 33.1 Å². The van der Waals surface area contributed by atoms with Crippen molar-refractivity contribution >= 4 is 47.2 Å². The topological polar surface area (TPSA) is 120 Å². The SMILES string of the molecule is Cc1c(-n2c(O)c(/C=C3\C=NN=C3c3cccc([N+](=O)[O-])c3)sc2=S)c(=O)n(-c2ccccc2)n1C. The minimum absolute atomic E-state index is 0.0691. The molecule has 1 aliphatic rings. The van der Waals surface area contributed by atoms with Gasteiger partial charge in [-0.15, -0.1) is 16.4 Å². The van der Waals surface area contributed by atoms with E-state index >= 15 is 0 Å². The fourth-order valence-electron chi connectivity index (χ4n) is 3.99. The summed E-state index contributed by atoms with van der Waals surface area (Å²) in [5.74, 6) is -0.192. The summed E-state index contributed by atoms with van der Waals surface area (Å²) in [6, 6.07) is 15.3. The van der Waals surface area contributed by atoms with Gasteiger partial charge in [-0.25, -0.2) is 4.68 Å². The maximum absolute atomic E-state index is 13.5.